The number of carbonyl (C=O) groups is 1. The second kappa shape index (κ2) is 12.2. The molecule has 1 aromatic heterocycles. The molecule has 3 aromatic carbocycles. The van der Waals surface area contributed by atoms with Gasteiger partial charge in [-0.1, -0.05) is 78.9 Å². The zero-order valence-corrected chi connectivity index (χ0v) is 22.9. The summed E-state index contributed by atoms with van der Waals surface area (Å²) >= 11 is 0. The lowest BCUT2D eigenvalue weighted by Gasteiger charge is -2.26. The standard InChI is InChI=1S/C30H34N4O3S/c1-24-12-10-11-17-28(24)29(35)33(19-18-32(2)3)22-27-20-31-30(34(27)21-25-13-6-4-7-14-25)38(36,37)23-26-15-8-5-9-16-26/h4-17,20H,18-19,21-23H2,1-3H3. The topological polar surface area (TPSA) is 75.5 Å². The molecule has 1 amide bonds. The minimum absolute atomic E-state index is 0.0103. The van der Waals surface area contributed by atoms with Gasteiger partial charge in [0.2, 0.25) is 15.0 Å². The van der Waals surface area contributed by atoms with E-state index >= 15 is 0 Å². The Bertz CT molecular complexity index is 1470. The van der Waals surface area contributed by atoms with E-state index in [1.54, 1.807) is 27.8 Å². The van der Waals surface area contributed by atoms with Crippen molar-refractivity contribution in [2.24, 2.45) is 0 Å². The van der Waals surface area contributed by atoms with Crippen LogP contribution < -0.4 is 0 Å². The Labute approximate surface area is 225 Å². The number of benzene rings is 3. The highest BCUT2D eigenvalue weighted by Crippen LogP contribution is 2.21. The van der Waals surface area contributed by atoms with Gasteiger partial charge in [0.15, 0.2) is 0 Å². The van der Waals surface area contributed by atoms with Gasteiger partial charge in [0.1, 0.15) is 0 Å². The van der Waals surface area contributed by atoms with Crippen molar-refractivity contribution in [1.29, 1.82) is 0 Å². The predicted molar refractivity (Wildman–Crippen MR) is 150 cm³/mol. The number of hydrogen-bond acceptors (Lipinski definition) is 5. The molecule has 0 aliphatic heterocycles. The molecule has 0 radical (unpaired) electrons. The third-order valence-electron chi connectivity index (χ3n) is 6.40. The Hall–Kier alpha value is -3.75. The van der Waals surface area contributed by atoms with Crippen LogP contribution in [0.15, 0.2) is 96.3 Å². The summed E-state index contributed by atoms with van der Waals surface area (Å²) in [6, 6.07) is 26.3. The lowest BCUT2D eigenvalue weighted by atomic mass is 10.1. The molecule has 38 heavy (non-hydrogen) atoms. The smallest absolute Gasteiger partial charge is 0.254 e. The molecule has 0 unspecified atom stereocenters. The molecule has 0 fully saturated rings. The van der Waals surface area contributed by atoms with Gasteiger partial charge < -0.3 is 14.4 Å². The maximum Gasteiger partial charge on any atom is 0.254 e. The zero-order chi connectivity index (χ0) is 27.1. The maximum absolute atomic E-state index is 13.7. The first-order chi connectivity index (χ1) is 18.2. The summed E-state index contributed by atoms with van der Waals surface area (Å²) in [4.78, 5) is 21.9. The number of nitrogens with zero attached hydrogens (tertiary/aromatic N) is 4. The number of hydrogen-bond donors (Lipinski definition) is 0. The molecule has 0 saturated heterocycles. The first kappa shape index (κ1) is 27.3. The lowest BCUT2D eigenvalue weighted by Crippen LogP contribution is -2.37. The number of carbonyl (C=O) groups excluding carboxylic acids is 1. The monoisotopic (exact) mass is 530 g/mol. The third kappa shape index (κ3) is 6.76. The number of likely N-dealkylation sites (N-methyl/N-ethyl adjacent to an activating group) is 1. The largest absolute Gasteiger partial charge is 0.331 e. The van der Waals surface area contributed by atoms with Crippen molar-refractivity contribution in [1.82, 2.24) is 19.4 Å². The molecule has 0 aliphatic rings. The van der Waals surface area contributed by atoms with Crippen LogP contribution in [0.5, 0.6) is 0 Å². The molecule has 198 valence electrons. The van der Waals surface area contributed by atoms with Crippen LogP contribution in [-0.4, -0.2) is 60.9 Å². The average Bonchev–Trinajstić information content (AvgIpc) is 3.30. The molecule has 7 nitrogen and oxygen atoms in total. The average molecular weight is 531 g/mol. The Balaban J connectivity index is 1.72. The van der Waals surface area contributed by atoms with E-state index in [2.05, 4.69) is 4.98 Å². The lowest BCUT2D eigenvalue weighted by molar-refractivity contribution is 0.0727. The van der Waals surface area contributed by atoms with Gasteiger partial charge in [0.25, 0.3) is 5.91 Å². The van der Waals surface area contributed by atoms with E-state index in [-0.39, 0.29) is 23.4 Å². The SMILES string of the molecule is Cc1ccccc1C(=O)N(CCN(C)C)Cc1cnc(S(=O)(=O)Cc2ccccc2)n1Cc1ccccc1. The molecule has 0 N–H and O–H groups in total. The molecule has 8 heteroatoms. The molecule has 4 rings (SSSR count). The molecule has 0 atom stereocenters. The van der Waals surface area contributed by atoms with Gasteiger partial charge in [0, 0.05) is 18.7 Å². The Kier molecular flexibility index (Phi) is 8.76. The highest BCUT2D eigenvalue weighted by Gasteiger charge is 2.26. The van der Waals surface area contributed by atoms with Crippen molar-refractivity contribution in [3.05, 3.63) is 119 Å². The van der Waals surface area contributed by atoms with Gasteiger partial charge >= 0.3 is 0 Å². The molecule has 0 saturated carbocycles. The quantitative estimate of drug-likeness (QED) is 0.287. The zero-order valence-electron chi connectivity index (χ0n) is 22.1. The van der Waals surface area contributed by atoms with Crippen LogP contribution in [-0.2, 0) is 28.7 Å². The summed E-state index contributed by atoms with van der Waals surface area (Å²) in [6.07, 6.45) is 1.59. The number of amides is 1. The predicted octanol–water partition coefficient (Wildman–Crippen LogP) is 4.42. The summed E-state index contributed by atoms with van der Waals surface area (Å²) in [5, 5.41) is 0.0103. The van der Waals surface area contributed by atoms with Crippen molar-refractivity contribution in [2.45, 2.75) is 30.9 Å². The fourth-order valence-electron chi connectivity index (χ4n) is 4.31. The van der Waals surface area contributed by atoms with E-state index < -0.39 is 9.84 Å². The van der Waals surface area contributed by atoms with E-state index in [1.165, 1.54) is 0 Å². The van der Waals surface area contributed by atoms with Crippen LogP contribution >= 0.6 is 0 Å². The summed E-state index contributed by atoms with van der Waals surface area (Å²) in [6.45, 7) is 3.65. The van der Waals surface area contributed by atoms with E-state index in [0.29, 0.717) is 36.5 Å². The fraction of sp³-hybridized carbons (Fsp3) is 0.267. The van der Waals surface area contributed by atoms with E-state index in [1.807, 2.05) is 98.7 Å². The fourth-order valence-corrected chi connectivity index (χ4v) is 5.80. The van der Waals surface area contributed by atoms with Gasteiger partial charge in [-0.2, -0.15) is 0 Å². The van der Waals surface area contributed by atoms with Gasteiger partial charge in [-0.3, -0.25) is 4.79 Å². The normalized spacial score (nSPS) is 11.6. The number of sulfone groups is 1. The van der Waals surface area contributed by atoms with E-state index in [9.17, 15) is 13.2 Å². The highest BCUT2D eigenvalue weighted by molar-refractivity contribution is 7.90. The van der Waals surface area contributed by atoms with Crippen LogP contribution in [0.1, 0.15) is 32.7 Å². The van der Waals surface area contributed by atoms with E-state index in [4.69, 9.17) is 0 Å². The van der Waals surface area contributed by atoms with Crippen molar-refractivity contribution >= 4 is 15.7 Å². The summed E-state index contributed by atoms with van der Waals surface area (Å²) in [5.41, 5.74) is 3.85. The molecule has 0 aliphatic carbocycles. The maximum atomic E-state index is 13.7. The third-order valence-corrected chi connectivity index (χ3v) is 7.99. The second-order valence-electron chi connectivity index (χ2n) is 9.69. The van der Waals surface area contributed by atoms with Crippen LogP contribution in [0.4, 0.5) is 0 Å². The van der Waals surface area contributed by atoms with Crippen molar-refractivity contribution in [3.63, 3.8) is 0 Å². The number of aryl methyl sites for hydroxylation is 1. The first-order valence-electron chi connectivity index (χ1n) is 12.6. The van der Waals surface area contributed by atoms with Crippen LogP contribution in [0, 0.1) is 6.92 Å². The number of imidazole rings is 1. The Morgan fingerprint density at radius 2 is 1.45 bits per heavy atom. The Morgan fingerprint density at radius 3 is 2.08 bits per heavy atom. The van der Waals surface area contributed by atoms with Gasteiger partial charge in [-0.05, 0) is 43.8 Å². The first-order valence-corrected chi connectivity index (χ1v) is 14.2. The minimum atomic E-state index is -3.74. The van der Waals surface area contributed by atoms with Crippen molar-refractivity contribution in [2.75, 3.05) is 27.2 Å². The minimum Gasteiger partial charge on any atom is -0.331 e. The summed E-state index contributed by atoms with van der Waals surface area (Å²) < 4.78 is 28.8. The van der Waals surface area contributed by atoms with Gasteiger partial charge in [-0.25, -0.2) is 13.4 Å². The van der Waals surface area contributed by atoms with E-state index in [0.717, 1.165) is 11.1 Å². The van der Waals surface area contributed by atoms with Crippen LogP contribution in [0.25, 0.3) is 0 Å². The molecule has 4 aromatic rings. The summed E-state index contributed by atoms with van der Waals surface area (Å²) in [7, 11) is 0.182. The van der Waals surface area contributed by atoms with Crippen LogP contribution in [0.3, 0.4) is 0 Å². The number of rotatable bonds is 11. The van der Waals surface area contributed by atoms with Gasteiger partial charge in [-0.15, -0.1) is 0 Å². The summed E-state index contributed by atoms with van der Waals surface area (Å²) in [5.74, 6) is -0.239. The van der Waals surface area contributed by atoms with Crippen LogP contribution in [0.2, 0.25) is 0 Å². The van der Waals surface area contributed by atoms with Crippen molar-refractivity contribution in [3.8, 4) is 0 Å². The Morgan fingerprint density at radius 1 is 0.842 bits per heavy atom. The molecular formula is C30H34N4O3S. The highest BCUT2D eigenvalue weighted by atomic mass is 32.2. The molecule has 0 bridgehead atoms. The van der Waals surface area contributed by atoms with Gasteiger partial charge in [0.05, 0.1) is 30.7 Å². The molecular weight excluding hydrogens is 496 g/mol. The molecule has 0 spiro atoms. The molecule has 1 heterocycles. The van der Waals surface area contributed by atoms with Crippen molar-refractivity contribution < 1.29 is 13.2 Å². The number of aromatic nitrogens is 2. The second-order valence-corrected chi connectivity index (χ2v) is 11.6.